The Morgan fingerprint density at radius 2 is 1.91 bits per heavy atom. The molecule has 35 heavy (non-hydrogen) atoms. The van der Waals surface area contributed by atoms with Crippen molar-refractivity contribution >= 4 is 34.2 Å². The van der Waals surface area contributed by atoms with Crippen LogP contribution in [-0.2, 0) is 11.3 Å². The topological polar surface area (TPSA) is 75.9 Å². The lowest BCUT2D eigenvalue weighted by Gasteiger charge is -2.32. The number of nitrogens with one attached hydrogen (secondary N) is 1. The molecule has 0 saturated carbocycles. The average molecular weight is 493 g/mol. The average Bonchev–Trinajstić information content (AvgIpc) is 3.22. The van der Waals surface area contributed by atoms with Crippen molar-refractivity contribution in [2.45, 2.75) is 33.2 Å². The smallest absolute Gasteiger partial charge is 0.225 e. The highest BCUT2D eigenvalue weighted by molar-refractivity contribution is 6.30. The van der Waals surface area contributed by atoms with Gasteiger partial charge in [-0.25, -0.2) is 9.07 Å². The van der Waals surface area contributed by atoms with Crippen LogP contribution in [-0.4, -0.2) is 39.0 Å². The van der Waals surface area contributed by atoms with Crippen LogP contribution in [0.3, 0.4) is 0 Å². The monoisotopic (exact) mass is 492 g/mol. The quantitative estimate of drug-likeness (QED) is 0.435. The van der Waals surface area contributed by atoms with Gasteiger partial charge in [-0.05, 0) is 57.0 Å². The van der Waals surface area contributed by atoms with E-state index in [2.05, 4.69) is 20.4 Å². The lowest BCUT2D eigenvalue weighted by atomic mass is 9.97. The summed E-state index contributed by atoms with van der Waals surface area (Å²) in [4.78, 5) is 15.0. The third-order valence-corrected chi connectivity index (χ3v) is 6.81. The number of carbonyl (C=O) groups is 1. The van der Waals surface area contributed by atoms with Crippen LogP contribution in [0.15, 0.2) is 48.5 Å². The largest absolute Gasteiger partial charge is 0.352 e. The number of hydrogen-bond acceptors (Lipinski definition) is 5. The number of hydrogen-bond donors (Lipinski definition) is 1. The molecule has 4 aromatic rings. The van der Waals surface area contributed by atoms with Gasteiger partial charge in [-0.1, -0.05) is 29.8 Å². The van der Waals surface area contributed by atoms with Crippen molar-refractivity contribution in [2.24, 2.45) is 5.92 Å². The molecule has 2 aromatic carbocycles. The van der Waals surface area contributed by atoms with Crippen LogP contribution in [0.4, 0.5) is 10.2 Å². The number of halogens is 2. The van der Waals surface area contributed by atoms with E-state index in [1.54, 1.807) is 18.2 Å². The van der Waals surface area contributed by atoms with Crippen LogP contribution < -0.4 is 10.2 Å². The third-order valence-electron chi connectivity index (χ3n) is 6.56. The van der Waals surface area contributed by atoms with Gasteiger partial charge in [-0.2, -0.15) is 10.2 Å². The van der Waals surface area contributed by atoms with Crippen LogP contribution in [0.25, 0.3) is 16.6 Å². The number of aromatic nitrogens is 4. The fourth-order valence-corrected chi connectivity index (χ4v) is 4.84. The molecule has 3 heterocycles. The van der Waals surface area contributed by atoms with Crippen molar-refractivity contribution in [3.05, 3.63) is 76.3 Å². The molecule has 1 aliphatic heterocycles. The molecule has 7 nitrogen and oxygen atoms in total. The van der Waals surface area contributed by atoms with E-state index >= 15 is 0 Å². The number of amides is 1. The van der Waals surface area contributed by atoms with Gasteiger partial charge < -0.3 is 10.2 Å². The highest BCUT2D eigenvalue weighted by atomic mass is 35.5. The molecule has 1 fully saturated rings. The summed E-state index contributed by atoms with van der Waals surface area (Å²) in [5.74, 6) is 0.0420. The van der Waals surface area contributed by atoms with Gasteiger partial charge >= 0.3 is 0 Å². The minimum Gasteiger partial charge on any atom is -0.352 e. The van der Waals surface area contributed by atoms with Crippen molar-refractivity contribution in [1.82, 2.24) is 25.3 Å². The molecular weight excluding hydrogens is 467 g/mol. The number of fused-ring (bicyclic) bond motifs is 1. The zero-order chi connectivity index (χ0) is 24.5. The summed E-state index contributed by atoms with van der Waals surface area (Å²) < 4.78 is 15.8. The molecule has 0 aliphatic carbocycles. The highest BCUT2D eigenvalue weighted by Gasteiger charge is 2.29. The predicted molar refractivity (Wildman–Crippen MR) is 134 cm³/mol. The predicted octanol–water partition coefficient (Wildman–Crippen LogP) is 4.76. The van der Waals surface area contributed by atoms with Crippen LogP contribution in [0, 0.1) is 25.6 Å². The van der Waals surface area contributed by atoms with Gasteiger partial charge in [0.25, 0.3) is 0 Å². The lowest BCUT2D eigenvalue weighted by Crippen LogP contribution is -2.43. The molecule has 1 amide bonds. The summed E-state index contributed by atoms with van der Waals surface area (Å²) in [6.07, 6.45) is 1.60. The first kappa shape index (κ1) is 23.2. The normalized spacial score (nSPS) is 16.0. The molecule has 1 saturated heterocycles. The van der Waals surface area contributed by atoms with Gasteiger partial charge in [0.2, 0.25) is 5.91 Å². The number of piperidine rings is 1. The van der Waals surface area contributed by atoms with Crippen molar-refractivity contribution in [2.75, 3.05) is 18.0 Å². The second-order valence-electron chi connectivity index (χ2n) is 8.90. The fourth-order valence-electron chi connectivity index (χ4n) is 4.71. The zero-order valence-electron chi connectivity index (χ0n) is 19.6. The Morgan fingerprint density at radius 1 is 1.14 bits per heavy atom. The molecule has 1 N–H and O–H groups in total. The van der Waals surface area contributed by atoms with Gasteiger partial charge in [-0.15, -0.1) is 5.10 Å². The molecule has 180 valence electrons. The molecule has 0 spiro atoms. The van der Waals surface area contributed by atoms with Gasteiger partial charge in [0.05, 0.1) is 28.4 Å². The number of rotatable bonds is 5. The number of anilines is 1. The van der Waals surface area contributed by atoms with E-state index in [-0.39, 0.29) is 24.2 Å². The lowest BCUT2D eigenvalue weighted by molar-refractivity contribution is -0.125. The molecule has 1 aliphatic rings. The van der Waals surface area contributed by atoms with E-state index in [0.29, 0.717) is 22.9 Å². The Morgan fingerprint density at radius 3 is 2.69 bits per heavy atom. The molecule has 9 heteroatoms. The van der Waals surface area contributed by atoms with E-state index in [0.717, 1.165) is 47.4 Å². The molecule has 1 unspecified atom stereocenters. The van der Waals surface area contributed by atoms with E-state index in [4.69, 9.17) is 16.7 Å². The summed E-state index contributed by atoms with van der Waals surface area (Å²) in [6.45, 7) is 5.37. The van der Waals surface area contributed by atoms with E-state index < -0.39 is 0 Å². The number of benzene rings is 2. The highest BCUT2D eigenvalue weighted by Crippen LogP contribution is 2.31. The van der Waals surface area contributed by atoms with Crippen LogP contribution in [0.2, 0.25) is 5.02 Å². The number of aryl methyl sites for hydroxylation is 2. The summed E-state index contributed by atoms with van der Waals surface area (Å²) in [7, 11) is 0. The van der Waals surface area contributed by atoms with Crippen molar-refractivity contribution in [3.8, 4) is 5.69 Å². The van der Waals surface area contributed by atoms with Crippen molar-refractivity contribution in [1.29, 1.82) is 0 Å². The molecule has 2 aromatic heterocycles. The van der Waals surface area contributed by atoms with Crippen LogP contribution >= 0.6 is 11.6 Å². The molecule has 5 rings (SSSR count). The first-order valence-corrected chi connectivity index (χ1v) is 12.0. The zero-order valence-corrected chi connectivity index (χ0v) is 20.4. The maximum absolute atomic E-state index is 13.9. The summed E-state index contributed by atoms with van der Waals surface area (Å²) in [5.41, 5.74) is 3.91. The first-order valence-electron chi connectivity index (χ1n) is 11.7. The fraction of sp³-hybridized carbons (Fsp3) is 0.308. The maximum atomic E-state index is 13.9. The Kier molecular flexibility index (Phi) is 6.38. The minimum atomic E-state index is -0.318. The second kappa shape index (κ2) is 9.62. The summed E-state index contributed by atoms with van der Waals surface area (Å²) in [6, 6.07) is 14.0. The van der Waals surface area contributed by atoms with Crippen molar-refractivity contribution < 1.29 is 9.18 Å². The molecule has 0 bridgehead atoms. The van der Waals surface area contributed by atoms with Gasteiger partial charge in [0.1, 0.15) is 11.3 Å². The van der Waals surface area contributed by atoms with Crippen LogP contribution in [0.1, 0.15) is 29.8 Å². The Labute approximate surface area is 207 Å². The SMILES string of the molecule is Cc1nnc(N2CCCC(C(=O)NCc3ccccc3F)C2)c2nn(-c3ccc(Cl)cc3)c(C)c12. The summed E-state index contributed by atoms with van der Waals surface area (Å²) >= 11 is 6.07. The standard InChI is InChI=1S/C26H26ClFN6O/c1-16-23-17(2)34(21-11-9-20(27)10-12-21)32-24(23)25(31-30-16)33-13-5-7-19(15-33)26(35)29-14-18-6-3-4-8-22(18)28/h3-4,6,8-12,19H,5,7,13-15H2,1-2H3,(H,29,35). The van der Waals surface area contributed by atoms with Crippen LogP contribution in [0.5, 0.6) is 0 Å². The second-order valence-corrected chi connectivity index (χ2v) is 9.34. The van der Waals surface area contributed by atoms with E-state index in [1.807, 2.05) is 42.8 Å². The first-order chi connectivity index (χ1) is 16.9. The van der Waals surface area contributed by atoms with Gasteiger partial charge in [0, 0.05) is 30.2 Å². The molecule has 1 atom stereocenters. The van der Waals surface area contributed by atoms with Crippen molar-refractivity contribution in [3.63, 3.8) is 0 Å². The third kappa shape index (κ3) is 4.58. The van der Waals surface area contributed by atoms with E-state index in [9.17, 15) is 9.18 Å². The maximum Gasteiger partial charge on any atom is 0.225 e. The molecule has 0 radical (unpaired) electrons. The van der Waals surface area contributed by atoms with E-state index in [1.165, 1.54) is 6.07 Å². The Bertz CT molecular complexity index is 1390. The Balaban J connectivity index is 1.40. The Hall–Kier alpha value is -3.52. The summed E-state index contributed by atoms with van der Waals surface area (Å²) in [5, 5.41) is 18.3. The number of nitrogens with zero attached hydrogens (tertiary/aromatic N) is 5. The minimum absolute atomic E-state index is 0.0860. The number of carbonyl (C=O) groups excluding carboxylic acids is 1. The molecular formula is C26H26ClFN6O. The van der Waals surface area contributed by atoms with Gasteiger partial charge in [0.15, 0.2) is 5.82 Å². The van der Waals surface area contributed by atoms with Gasteiger partial charge in [-0.3, -0.25) is 4.79 Å².